The summed E-state index contributed by atoms with van der Waals surface area (Å²) in [6.07, 6.45) is 1.46. The van der Waals surface area contributed by atoms with Crippen molar-refractivity contribution in [2.75, 3.05) is 20.3 Å². The van der Waals surface area contributed by atoms with Gasteiger partial charge in [-0.25, -0.2) is 4.79 Å². The van der Waals surface area contributed by atoms with Crippen LogP contribution in [0, 0.1) is 0 Å². The molecule has 228 valence electrons. The minimum Gasteiger partial charge on any atom is -0.497 e. The molecule has 0 amide bonds. The van der Waals surface area contributed by atoms with E-state index in [-0.39, 0.29) is 24.1 Å². The summed E-state index contributed by atoms with van der Waals surface area (Å²) in [4.78, 5) is 39.5. The smallest absolute Gasteiger partial charge is 0.336 e. The highest BCUT2D eigenvalue weighted by Crippen LogP contribution is 2.47. The van der Waals surface area contributed by atoms with E-state index in [4.69, 9.17) is 18.9 Å². The van der Waals surface area contributed by atoms with Crippen LogP contribution in [0.5, 0.6) is 17.2 Å². The third-order valence-corrected chi connectivity index (χ3v) is 7.96. The Bertz CT molecular complexity index is 1610. The summed E-state index contributed by atoms with van der Waals surface area (Å²) in [6.45, 7) is 5.52. The van der Waals surface area contributed by atoms with E-state index in [1.165, 1.54) is 6.92 Å². The topological polar surface area (TPSA) is 100 Å². The van der Waals surface area contributed by atoms with E-state index in [1.54, 1.807) is 25.3 Å². The summed E-state index contributed by atoms with van der Waals surface area (Å²) in [6, 6.07) is 22.7. The number of rotatable bonds is 10. The summed E-state index contributed by atoms with van der Waals surface area (Å²) in [5, 5.41) is 3.40. The highest BCUT2D eigenvalue weighted by molar-refractivity contribution is 6.04. The van der Waals surface area contributed by atoms with E-state index in [1.807, 2.05) is 68.4 Å². The molecule has 0 radical (unpaired) electrons. The van der Waals surface area contributed by atoms with Crippen molar-refractivity contribution in [2.24, 2.45) is 0 Å². The van der Waals surface area contributed by atoms with Gasteiger partial charge in [0.1, 0.15) is 5.75 Å². The molecule has 3 aromatic carbocycles. The molecule has 3 aromatic rings. The van der Waals surface area contributed by atoms with Crippen LogP contribution in [0.4, 0.5) is 0 Å². The molecule has 8 heteroatoms. The first-order valence-electron chi connectivity index (χ1n) is 14.8. The standard InChI is InChI=1S/C36H37NO7/c1-5-42-32-21-26(13-16-31(32)44-23(3)38)34-33(36(40)43-18-17-24-9-7-6-8-10-24)22(2)37-29-19-27(20-30(39)35(29)34)25-11-14-28(41-4)15-12-25/h6-16,21,27,34,37H,5,17-20H2,1-4H3/t27-,34+/m0/s1. The van der Waals surface area contributed by atoms with Gasteiger partial charge in [0, 0.05) is 42.7 Å². The van der Waals surface area contributed by atoms with Crippen molar-refractivity contribution in [3.63, 3.8) is 0 Å². The number of carbonyl (C=O) groups excluding carboxylic acids is 3. The van der Waals surface area contributed by atoms with Gasteiger partial charge in [-0.15, -0.1) is 0 Å². The summed E-state index contributed by atoms with van der Waals surface area (Å²) in [7, 11) is 1.62. The van der Waals surface area contributed by atoms with Gasteiger partial charge >= 0.3 is 11.9 Å². The molecule has 0 unspecified atom stereocenters. The first-order valence-corrected chi connectivity index (χ1v) is 14.8. The zero-order valence-electron chi connectivity index (χ0n) is 25.5. The highest BCUT2D eigenvalue weighted by atomic mass is 16.6. The van der Waals surface area contributed by atoms with Gasteiger partial charge < -0.3 is 24.3 Å². The van der Waals surface area contributed by atoms with Crippen molar-refractivity contribution in [2.45, 2.75) is 51.9 Å². The summed E-state index contributed by atoms with van der Waals surface area (Å²) in [5.74, 6) is -0.353. The number of Topliss-reactive ketones (excluding diaryl/α,β-unsaturated/α-hetero) is 1. The zero-order valence-corrected chi connectivity index (χ0v) is 25.5. The van der Waals surface area contributed by atoms with E-state index in [0.29, 0.717) is 54.0 Å². The molecule has 1 heterocycles. The second-order valence-corrected chi connectivity index (χ2v) is 10.9. The van der Waals surface area contributed by atoms with Crippen LogP contribution in [-0.2, 0) is 25.5 Å². The van der Waals surface area contributed by atoms with E-state index in [0.717, 1.165) is 22.6 Å². The average Bonchev–Trinajstić information content (AvgIpc) is 3.01. The zero-order chi connectivity index (χ0) is 31.2. The number of nitrogens with one attached hydrogen (secondary N) is 1. The second kappa shape index (κ2) is 13.6. The van der Waals surface area contributed by atoms with Crippen LogP contribution in [0.3, 0.4) is 0 Å². The van der Waals surface area contributed by atoms with Crippen molar-refractivity contribution >= 4 is 17.7 Å². The fraction of sp³-hybridized carbons (Fsp3) is 0.306. The molecular weight excluding hydrogens is 558 g/mol. The molecule has 0 saturated carbocycles. The lowest BCUT2D eigenvalue weighted by Crippen LogP contribution is -2.36. The molecule has 0 spiro atoms. The Kier molecular flexibility index (Phi) is 9.48. The fourth-order valence-electron chi connectivity index (χ4n) is 5.95. The molecule has 2 aliphatic rings. The fourth-order valence-corrected chi connectivity index (χ4v) is 5.95. The quantitative estimate of drug-likeness (QED) is 0.220. The highest BCUT2D eigenvalue weighted by Gasteiger charge is 2.41. The number of hydrogen-bond acceptors (Lipinski definition) is 8. The van der Waals surface area contributed by atoms with E-state index >= 15 is 0 Å². The van der Waals surface area contributed by atoms with Crippen LogP contribution in [-0.4, -0.2) is 38.0 Å². The van der Waals surface area contributed by atoms with Gasteiger partial charge in [-0.3, -0.25) is 9.59 Å². The van der Waals surface area contributed by atoms with E-state index < -0.39 is 17.9 Å². The summed E-state index contributed by atoms with van der Waals surface area (Å²) < 4.78 is 22.3. The van der Waals surface area contributed by atoms with Crippen LogP contribution >= 0.6 is 0 Å². The molecule has 8 nitrogen and oxygen atoms in total. The third-order valence-electron chi connectivity index (χ3n) is 7.96. The van der Waals surface area contributed by atoms with Crippen molar-refractivity contribution in [1.82, 2.24) is 5.32 Å². The molecule has 1 aliphatic heterocycles. The molecule has 5 rings (SSSR count). The molecule has 0 bridgehead atoms. The maximum Gasteiger partial charge on any atom is 0.336 e. The number of esters is 2. The second-order valence-electron chi connectivity index (χ2n) is 10.9. The minimum absolute atomic E-state index is 0.0298. The van der Waals surface area contributed by atoms with Crippen LogP contribution in [0.15, 0.2) is 95.3 Å². The minimum atomic E-state index is -0.689. The average molecular weight is 596 g/mol. The third kappa shape index (κ3) is 6.70. The van der Waals surface area contributed by atoms with Gasteiger partial charge in [0.15, 0.2) is 17.3 Å². The van der Waals surface area contributed by atoms with Crippen LogP contribution < -0.4 is 19.5 Å². The molecule has 44 heavy (non-hydrogen) atoms. The normalized spacial score (nSPS) is 17.9. The maximum absolute atomic E-state index is 14.0. The molecule has 2 atom stereocenters. The van der Waals surface area contributed by atoms with E-state index in [2.05, 4.69) is 5.32 Å². The Hall–Kier alpha value is -4.85. The Morgan fingerprint density at radius 3 is 2.34 bits per heavy atom. The Balaban J connectivity index is 1.52. The van der Waals surface area contributed by atoms with Crippen molar-refractivity contribution in [3.8, 4) is 17.2 Å². The maximum atomic E-state index is 14.0. The molecule has 1 N–H and O–H groups in total. The summed E-state index contributed by atoms with van der Waals surface area (Å²) in [5.41, 5.74) is 5.10. The Labute approximate surface area is 257 Å². The molecule has 0 fully saturated rings. The van der Waals surface area contributed by atoms with Gasteiger partial charge in [0.2, 0.25) is 0 Å². The Morgan fingerprint density at radius 1 is 0.932 bits per heavy atom. The van der Waals surface area contributed by atoms with Gasteiger partial charge in [-0.1, -0.05) is 48.5 Å². The van der Waals surface area contributed by atoms with Gasteiger partial charge in [0.05, 0.1) is 25.9 Å². The number of methoxy groups -OCH3 is 1. The summed E-state index contributed by atoms with van der Waals surface area (Å²) >= 11 is 0. The lowest BCUT2D eigenvalue weighted by Gasteiger charge is -2.37. The largest absolute Gasteiger partial charge is 0.497 e. The van der Waals surface area contributed by atoms with Gasteiger partial charge in [0.25, 0.3) is 0 Å². The number of ketones is 1. The molecule has 0 aromatic heterocycles. The SMILES string of the molecule is CCOc1cc([C@@H]2C(C(=O)OCCc3ccccc3)=C(C)NC3=C2C(=O)C[C@@H](c2ccc(OC)cc2)C3)ccc1OC(C)=O. The number of carbonyl (C=O) groups is 3. The van der Waals surface area contributed by atoms with Crippen molar-refractivity contribution < 1.29 is 33.3 Å². The number of dihydropyridines is 1. The number of allylic oxidation sites excluding steroid dienone is 3. The number of ether oxygens (including phenoxy) is 4. The first kappa shape index (κ1) is 30.6. The molecule has 1 aliphatic carbocycles. The van der Waals surface area contributed by atoms with Crippen LogP contribution in [0.1, 0.15) is 62.1 Å². The lowest BCUT2D eigenvalue weighted by atomic mass is 9.71. The van der Waals surface area contributed by atoms with E-state index in [9.17, 15) is 14.4 Å². The Morgan fingerprint density at radius 2 is 1.66 bits per heavy atom. The first-order chi connectivity index (χ1) is 21.3. The predicted molar refractivity (Wildman–Crippen MR) is 166 cm³/mol. The number of hydrogen-bond donors (Lipinski definition) is 1. The number of benzene rings is 3. The van der Waals surface area contributed by atoms with Crippen LogP contribution in [0.25, 0.3) is 0 Å². The van der Waals surface area contributed by atoms with Crippen molar-refractivity contribution in [3.05, 3.63) is 112 Å². The molecule has 0 saturated heterocycles. The van der Waals surface area contributed by atoms with Gasteiger partial charge in [-0.05, 0) is 67.1 Å². The van der Waals surface area contributed by atoms with Crippen LogP contribution in [0.2, 0.25) is 0 Å². The van der Waals surface area contributed by atoms with Gasteiger partial charge in [-0.2, -0.15) is 0 Å². The molecular formula is C36H37NO7. The lowest BCUT2D eigenvalue weighted by molar-refractivity contribution is -0.139. The predicted octanol–water partition coefficient (Wildman–Crippen LogP) is 6.17. The monoisotopic (exact) mass is 595 g/mol. The van der Waals surface area contributed by atoms with Crippen molar-refractivity contribution in [1.29, 1.82) is 0 Å².